The zero-order valence-corrected chi connectivity index (χ0v) is 11.7. The molecule has 1 aromatic carbocycles. The van der Waals surface area contributed by atoms with E-state index in [-0.39, 0.29) is 0 Å². The maximum atomic E-state index is 10.5. The Bertz CT molecular complexity index is 534. The molecule has 1 aromatic heterocycles. The predicted molar refractivity (Wildman–Crippen MR) is 77.3 cm³/mol. The lowest BCUT2D eigenvalue weighted by atomic mass is 10.1. The largest absolute Gasteiger partial charge is 0.380 e. The normalized spacial score (nSPS) is 12.4. The Kier molecular flexibility index (Phi) is 4.22. The van der Waals surface area contributed by atoms with Gasteiger partial charge in [-0.2, -0.15) is 0 Å². The van der Waals surface area contributed by atoms with E-state index in [1.54, 1.807) is 6.20 Å². The number of nitrogens with zero attached hydrogens (tertiary/aromatic N) is 3. The minimum Gasteiger partial charge on any atom is -0.380 e. The number of hydrogen-bond acceptors (Lipinski definition) is 3. The van der Waals surface area contributed by atoms with Crippen LogP contribution in [0, 0.1) is 0 Å². The first kappa shape index (κ1) is 13.6. The Morgan fingerprint density at radius 3 is 2.84 bits per heavy atom. The van der Waals surface area contributed by atoms with Crippen molar-refractivity contribution < 1.29 is 5.11 Å². The van der Waals surface area contributed by atoms with Gasteiger partial charge in [-0.05, 0) is 24.1 Å². The topological polar surface area (TPSA) is 41.3 Å². The van der Waals surface area contributed by atoms with Crippen LogP contribution in [-0.4, -0.2) is 28.8 Å². The fourth-order valence-electron chi connectivity index (χ4n) is 2.12. The van der Waals surface area contributed by atoms with Crippen molar-refractivity contribution in [1.29, 1.82) is 0 Å². The third-order valence-corrected chi connectivity index (χ3v) is 3.16. The lowest BCUT2D eigenvalue weighted by Gasteiger charge is -2.17. The van der Waals surface area contributed by atoms with Crippen LogP contribution in [0.5, 0.6) is 0 Å². The van der Waals surface area contributed by atoms with Gasteiger partial charge >= 0.3 is 0 Å². The third kappa shape index (κ3) is 2.96. The molecular weight excluding hydrogens is 238 g/mol. The standard InChI is InChI=1S/C15H21N3O/c1-4-9-18-10-8-16-15(18)14(19)12-6-5-7-13(11-12)17(2)3/h5-8,10-11,14,19H,4,9H2,1-3H3. The zero-order chi connectivity index (χ0) is 13.8. The number of aryl methyl sites for hydroxylation is 1. The van der Waals surface area contributed by atoms with Crippen LogP contribution >= 0.6 is 0 Å². The van der Waals surface area contributed by atoms with Gasteiger partial charge in [0, 0.05) is 38.7 Å². The average molecular weight is 259 g/mol. The summed E-state index contributed by atoms with van der Waals surface area (Å²) >= 11 is 0. The summed E-state index contributed by atoms with van der Waals surface area (Å²) in [5.41, 5.74) is 1.94. The second-order valence-electron chi connectivity index (χ2n) is 4.87. The number of imidazole rings is 1. The molecule has 2 rings (SSSR count). The number of benzene rings is 1. The molecule has 0 aliphatic rings. The summed E-state index contributed by atoms with van der Waals surface area (Å²) in [6, 6.07) is 7.91. The highest BCUT2D eigenvalue weighted by Crippen LogP contribution is 2.24. The van der Waals surface area contributed by atoms with Crippen LogP contribution < -0.4 is 4.90 Å². The molecule has 0 spiro atoms. The van der Waals surface area contributed by atoms with Gasteiger partial charge in [-0.25, -0.2) is 4.98 Å². The second kappa shape index (κ2) is 5.89. The van der Waals surface area contributed by atoms with Gasteiger partial charge in [0.15, 0.2) is 0 Å². The lowest BCUT2D eigenvalue weighted by Crippen LogP contribution is -2.12. The maximum Gasteiger partial charge on any atom is 0.142 e. The summed E-state index contributed by atoms with van der Waals surface area (Å²) in [6.07, 6.45) is 4.00. The van der Waals surface area contributed by atoms with E-state index in [1.165, 1.54) is 0 Å². The molecule has 0 fully saturated rings. The van der Waals surface area contributed by atoms with E-state index in [9.17, 15) is 5.11 Å². The van der Waals surface area contributed by atoms with Gasteiger partial charge in [0.05, 0.1) is 0 Å². The van der Waals surface area contributed by atoms with E-state index in [2.05, 4.69) is 11.9 Å². The molecule has 0 aliphatic carbocycles. The van der Waals surface area contributed by atoms with E-state index >= 15 is 0 Å². The molecule has 0 saturated heterocycles. The molecule has 4 heteroatoms. The van der Waals surface area contributed by atoms with Crippen molar-refractivity contribution >= 4 is 5.69 Å². The molecule has 1 unspecified atom stereocenters. The Balaban J connectivity index is 2.30. The van der Waals surface area contributed by atoms with Gasteiger partial charge in [-0.1, -0.05) is 19.1 Å². The van der Waals surface area contributed by atoms with Crippen LogP contribution in [0.4, 0.5) is 5.69 Å². The number of anilines is 1. The molecule has 1 atom stereocenters. The molecule has 0 saturated carbocycles. The van der Waals surface area contributed by atoms with Crippen molar-refractivity contribution in [1.82, 2.24) is 9.55 Å². The lowest BCUT2D eigenvalue weighted by molar-refractivity contribution is 0.204. The highest BCUT2D eigenvalue weighted by Gasteiger charge is 2.16. The average Bonchev–Trinajstić information content (AvgIpc) is 2.86. The summed E-state index contributed by atoms with van der Waals surface area (Å²) in [6.45, 7) is 2.99. The molecule has 19 heavy (non-hydrogen) atoms. The van der Waals surface area contributed by atoms with Crippen molar-refractivity contribution in [3.63, 3.8) is 0 Å². The van der Waals surface area contributed by atoms with Gasteiger partial charge < -0.3 is 14.6 Å². The van der Waals surface area contributed by atoms with Crippen LogP contribution in [0.15, 0.2) is 36.7 Å². The second-order valence-corrected chi connectivity index (χ2v) is 4.87. The first-order valence-corrected chi connectivity index (χ1v) is 6.60. The van der Waals surface area contributed by atoms with E-state index in [0.29, 0.717) is 5.82 Å². The molecular formula is C15H21N3O. The Morgan fingerprint density at radius 1 is 1.37 bits per heavy atom. The van der Waals surface area contributed by atoms with Crippen LogP contribution in [0.25, 0.3) is 0 Å². The van der Waals surface area contributed by atoms with Gasteiger partial charge in [0.1, 0.15) is 11.9 Å². The predicted octanol–water partition coefficient (Wildman–Crippen LogP) is 2.44. The zero-order valence-electron chi connectivity index (χ0n) is 11.7. The maximum absolute atomic E-state index is 10.5. The van der Waals surface area contributed by atoms with Gasteiger partial charge in [0.25, 0.3) is 0 Å². The molecule has 0 radical (unpaired) electrons. The summed E-state index contributed by atoms with van der Waals surface area (Å²) < 4.78 is 2.01. The van der Waals surface area contributed by atoms with E-state index in [1.807, 2.05) is 54.0 Å². The van der Waals surface area contributed by atoms with Crippen molar-refractivity contribution in [3.8, 4) is 0 Å². The summed E-state index contributed by atoms with van der Waals surface area (Å²) in [7, 11) is 3.98. The number of aromatic nitrogens is 2. The monoisotopic (exact) mass is 259 g/mol. The van der Waals surface area contributed by atoms with Gasteiger partial charge in [-0.15, -0.1) is 0 Å². The summed E-state index contributed by atoms with van der Waals surface area (Å²) in [5.74, 6) is 0.706. The molecule has 0 aliphatic heterocycles. The fourth-order valence-corrected chi connectivity index (χ4v) is 2.12. The summed E-state index contributed by atoms with van der Waals surface area (Å²) in [4.78, 5) is 6.31. The van der Waals surface area contributed by atoms with Crippen molar-refractivity contribution in [2.24, 2.45) is 0 Å². The smallest absolute Gasteiger partial charge is 0.142 e. The molecule has 0 amide bonds. The Labute approximate surface area is 114 Å². The minimum atomic E-state index is -0.679. The van der Waals surface area contributed by atoms with Crippen molar-refractivity contribution in [3.05, 3.63) is 48.0 Å². The van der Waals surface area contributed by atoms with Crippen LogP contribution in [-0.2, 0) is 6.54 Å². The first-order chi connectivity index (χ1) is 9.13. The molecule has 2 aromatic rings. The minimum absolute atomic E-state index is 0.679. The number of rotatable bonds is 5. The third-order valence-electron chi connectivity index (χ3n) is 3.16. The van der Waals surface area contributed by atoms with E-state index in [0.717, 1.165) is 24.2 Å². The van der Waals surface area contributed by atoms with Crippen LogP contribution in [0.2, 0.25) is 0 Å². The molecule has 4 nitrogen and oxygen atoms in total. The number of aliphatic hydroxyl groups is 1. The SMILES string of the molecule is CCCn1ccnc1C(O)c1cccc(N(C)C)c1. The van der Waals surface area contributed by atoms with Gasteiger partial charge in [-0.3, -0.25) is 0 Å². The van der Waals surface area contributed by atoms with Crippen LogP contribution in [0.1, 0.15) is 30.8 Å². The summed E-state index contributed by atoms with van der Waals surface area (Å²) in [5, 5.41) is 10.5. The quantitative estimate of drug-likeness (QED) is 0.896. The fraction of sp³-hybridized carbons (Fsp3) is 0.400. The van der Waals surface area contributed by atoms with E-state index < -0.39 is 6.10 Å². The Morgan fingerprint density at radius 2 is 2.16 bits per heavy atom. The van der Waals surface area contributed by atoms with E-state index in [4.69, 9.17) is 0 Å². The Hall–Kier alpha value is -1.81. The molecule has 1 N–H and O–H groups in total. The number of aliphatic hydroxyl groups excluding tert-OH is 1. The first-order valence-electron chi connectivity index (χ1n) is 6.60. The van der Waals surface area contributed by atoms with Crippen LogP contribution in [0.3, 0.4) is 0 Å². The molecule has 102 valence electrons. The highest BCUT2D eigenvalue weighted by atomic mass is 16.3. The highest BCUT2D eigenvalue weighted by molar-refractivity contribution is 5.48. The number of hydrogen-bond donors (Lipinski definition) is 1. The molecule has 0 bridgehead atoms. The molecule has 1 heterocycles. The van der Waals surface area contributed by atoms with Crippen molar-refractivity contribution in [2.75, 3.05) is 19.0 Å². The van der Waals surface area contributed by atoms with Crippen molar-refractivity contribution in [2.45, 2.75) is 26.0 Å². The van der Waals surface area contributed by atoms with Gasteiger partial charge in [0.2, 0.25) is 0 Å².